The van der Waals surface area contributed by atoms with Crippen LogP contribution in [0.5, 0.6) is 0 Å². The van der Waals surface area contributed by atoms with Gasteiger partial charge in [-0.15, -0.1) is 0 Å². The van der Waals surface area contributed by atoms with Crippen LogP contribution in [0.4, 0.5) is 10.5 Å². The van der Waals surface area contributed by atoms with Gasteiger partial charge in [-0.3, -0.25) is 24.6 Å². The Labute approximate surface area is 176 Å². The highest BCUT2D eigenvalue weighted by Crippen LogP contribution is 2.34. The highest BCUT2D eigenvalue weighted by molar-refractivity contribution is 8.18. The molecule has 4 rings (SSSR count). The maximum Gasteiger partial charge on any atom is 0.293 e. The molecule has 0 spiro atoms. The molecule has 3 aromatic rings. The molecule has 1 aliphatic heterocycles. The molecular weight excluding hydrogens is 402 g/mol. The van der Waals surface area contributed by atoms with Crippen LogP contribution < -0.4 is 0 Å². The topological polar surface area (TPSA) is 85.4 Å². The minimum absolute atomic E-state index is 0.0226. The number of aryl methyl sites for hydroxylation is 1. The van der Waals surface area contributed by atoms with Gasteiger partial charge in [0, 0.05) is 24.0 Å². The van der Waals surface area contributed by atoms with Crippen molar-refractivity contribution in [3.63, 3.8) is 0 Å². The lowest BCUT2D eigenvalue weighted by Crippen LogP contribution is -2.27. The fourth-order valence-corrected chi connectivity index (χ4v) is 4.09. The van der Waals surface area contributed by atoms with Gasteiger partial charge in [-0.2, -0.15) is 0 Å². The Bertz CT molecular complexity index is 1200. The molecule has 0 unspecified atom stereocenters. The van der Waals surface area contributed by atoms with E-state index < -0.39 is 4.92 Å². The fraction of sp³-hybridized carbons (Fsp3) is 0.0909. The van der Waals surface area contributed by atoms with Gasteiger partial charge in [-0.1, -0.05) is 35.9 Å². The Morgan fingerprint density at radius 2 is 1.87 bits per heavy atom. The van der Waals surface area contributed by atoms with E-state index in [2.05, 4.69) is 0 Å². The van der Waals surface area contributed by atoms with E-state index in [0.29, 0.717) is 16.3 Å². The van der Waals surface area contributed by atoms with Crippen molar-refractivity contribution in [3.05, 3.63) is 98.7 Å². The third kappa shape index (κ3) is 3.90. The summed E-state index contributed by atoms with van der Waals surface area (Å²) in [5.74, 6) is -0.349. The van der Waals surface area contributed by atoms with Crippen molar-refractivity contribution >= 4 is 34.7 Å². The van der Waals surface area contributed by atoms with Crippen LogP contribution in [0.3, 0.4) is 0 Å². The summed E-state index contributed by atoms with van der Waals surface area (Å²) in [6, 6.07) is 17.5. The molecule has 0 atom stereocenters. The second-order valence-electron chi connectivity index (χ2n) is 6.84. The Hall–Kier alpha value is -3.65. The molecule has 0 aliphatic carbocycles. The van der Waals surface area contributed by atoms with Gasteiger partial charge in [0.2, 0.25) is 0 Å². The lowest BCUT2D eigenvalue weighted by molar-refractivity contribution is -0.384. The third-order valence-electron chi connectivity index (χ3n) is 4.67. The zero-order valence-corrected chi connectivity index (χ0v) is 16.8. The van der Waals surface area contributed by atoms with Gasteiger partial charge in [0.1, 0.15) is 0 Å². The zero-order valence-electron chi connectivity index (χ0n) is 16.0. The van der Waals surface area contributed by atoms with Crippen LogP contribution in [0.15, 0.2) is 71.8 Å². The summed E-state index contributed by atoms with van der Waals surface area (Å²) < 4.78 is 1.74. The molecule has 2 heterocycles. The summed E-state index contributed by atoms with van der Waals surface area (Å²) >= 11 is 0.892. The molecule has 1 aromatic heterocycles. The van der Waals surface area contributed by atoms with Crippen molar-refractivity contribution in [2.75, 3.05) is 0 Å². The molecule has 0 radical (unpaired) electrons. The number of hydrogen-bond acceptors (Lipinski definition) is 5. The van der Waals surface area contributed by atoms with Crippen LogP contribution in [-0.4, -0.2) is 25.5 Å². The summed E-state index contributed by atoms with van der Waals surface area (Å²) in [6.07, 6.45) is 3.39. The quantitative estimate of drug-likeness (QED) is 0.332. The standard InChI is InChI=1S/C22H17N3O4S/c1-15-5-2-6-16(11-15)14-24-21(26)20(30-22(24)27)13-18-9-4-10-23(18)17-7-3-8-19(12-17)25(28)29/h2-13H,14H2,1H3/b20-13-. The van der Waals surface area contributed by atoms with E-state index in [0.717, 1.165) is 22.9 Å². The summed E-state index contributed by atoms with van der Waals surface area (Å²) in [5.41, 5.74) is 3.17. The second kappa shape index (κ2) is 8.00. The van der Waals surface area contributed by atoms with Crippen LogP contribution in [-0.2, 0) is 11.3 Å². The number of hydrogen-bond donors (Lipinski definition) is 0. The number of nitro benzene ring substituents is 1. The first-order valence-corrected chi connectivity index (χ1v) is 9.97. The molecule has 8 heteroatoms. The van der Waals surface area contributed by atoms with E-state index in [4.69, 9.17) is 0 Å². The van der Waals surface area contributed by atoms with E-state index in [1.807, 2.05) is 31.2 Å². The van der Waals surface area contributed by atoms with Crippen LogP contribution in [0.25, 0.3) is 11.8 Å². The van der Waals surface area contributed by atoms with Crippen molar-refractivity contribution < 1.29 is 14.5 Å². The van der Waals surface area contributed by atoms with Crippen molar-refractivity contribution in [2.24, 2.45) is 0 Å². The van der Waals surface area contributed by atoms with Gasteiger partial charge in [0.05, 0.1) is 22.1 Å². The summed E-state index contributed by atoms with van der Waals surface area (Å²) in [5, 5.41) is 10.7. The first kappa shape index (κ1) is 19.7. The lowest BCUT2D eigenvalue weighted by Gasteiger charge is -2.12. The minimum Gasteiger partial charge on any atom is -0.317 e. The maximum atomic E-state index is 12.8. The molecule has 150 valence electrons. The van der Waals surface area contributed by atoms with Crippen molar-refractivity contribution in [1.29, 1.82) is 0 Å². The maximum absolute atomic E-state index is 12.8. The summed E-state index contributed by atoms with van der Waals surface area (Å²) in [6.45, 7) is 2.18. The first-order chi connectivity index (χ1) is 14.4. The van der Waals surface area contributed by atoms with Gasteiger partial charge in [0.15, 0.2) is 0 Å². The minimum atomic E-state index is -0.455. The molecular formula is C22H17N3O4S. The number of rotatable bonds is 5. The van der Waals surface area contributed by atoms with E-state index in [9.17, 15) is 19.7 Å². The second-order valence-corrected chi connectivity index (χ2v) is 7.83. The highest BCUT2D eigenvalue weighted by atomic mass is 32.2. The third-order valence-corrected chi connectivity index (χ3v) is 5.58. The fourth-order valence-electron chi connectivity index (χ4n) is 3.27. The van der Waals surface area contributed by atoms with E-state index in [1.54, 1.807) is 41.1 Å². The van der Waals surface area contributed by atoms with Crippen molar-refractivity contribution in [3.8, 4) is 5.69 Å². The average Bonchev–Trinajstić information content (AvgIpc) is 3.28. The van der Waals surface area contributed by atoms with Gasteiger partial charge in [0.25, 0.3) is 16.8 Å². The average molecular weight is 419 g/mol. The van der Waals surface area contributed by atoms with Crippen LogP contribution >= 0.6 is 11.8 Å². The number of non-ortho nitro benzene ring substituents is 1. The number of imide groups is 1. The summed E-state index contributed by atoms with van der Waals surface area (Å²) in [7, 11) is 0. The number of carbonyl (C=O) groups excluding carboxylic acids is 2. The molecule has 1 aliphatic rings. The Morgan fingerprint density at radius 1 is 1.07 bits per heavy atom. The van der Waals surface area contributed by atoms with Crippen molar-refractivity contribution in [1.82, 2.24) is 9.47 Å². The van der Waals surface area contributed by atoms with Gasteiger partial charge in [-0.25, -0.2) is 0 Å². The first-order valence-electron chi connectivity index (χ1n) is 9.15. The highest BCUT2D eigenvalue weighted by Gasteiger charge is 2.35. The normalized spacial score (nSPS) is 15.2. The number of nitrogens with zero attached hydrogens (tertiary/aromatic N) is 3. The summed E-state index contributed by atoms with van der Waals surface area (Å²) in [4.78, 5) is 37.4. The molecule has 0 bridgehead atoms. The van der Waals surface area contributed by atoms with Crippen LogP contribution in [0, 0.1) is 17.0 Å². The van der Waals surface area contributed by atoms with E-state index >= 15 is 0 Å². The van der Waals surface area contributed by atoms with Gasteiger partial charge < -0.3 is 4.57 Å². The molecule has 1 fully saturated rings. The predicted octanol–water partition coefficient (Wildman–Crippen LogP) is 4.93. The molecule has 2 aromatic carbocycles. The van der Waals surface area contributed by atoms with E-state index in [1.165, 1.54) is 17.0 Å². The Kier molecular flexibility index (Phi) is 5.24. The zero-order chi connectivity index (χ0) is 21.3. The number of amides is 2. The molecule has 1 saturated heterocycles. The molecule has 0 N–H and O–H groups in total. The number of carbonyl (C=O) groups is 2. The lowest BCUT2D eigenvalue weighted by atomic mass is 10.1. The molecule has 30 heavy (non-hydrogen) atoms. The predicted molar refractivity (Wildman–Crippen MR) is 115 cm³/mol. The smallest absolute Gasteiger partial charge is 0.293 e. The SMILES string of the molecule is Cc1cccc(CN2C(=O)S/C(=C\c3cccn3-c3cccc([N+](=O)[O-])c3)C2=O)c1. The Morgan fingerprint density at radius 3 is 2.63 bits per heavy atom. The van der Waals surface area contributed by atoms with Gasteiger partial charge in [-0.05, 0) is 48.5 Å². The van der Waals surface area contributed by atoms with E-state index in [-0.39, 0.29) is 23.4 Å². The number of nitro groups is 1. The number of aromatic nitrogens is 1. The Balaban J connectivity index is 1.61. The molecule has 7 nitrogen and oxygen atoms in total. The number of benzene rings is 2. The van der Waals surface area contributed by atoms with Crippen LogP contribution in [0.1, 0.15) is 16.8 Å². The van der Waals surface area contributed by atoms with Gasteiger partial charge >= 0.3 is 0 Å². The molecule has 2 amide bonds. The number of thioether (sulfide) groups is 1. The monoisotopic (exact) mass is 419 g/mol. The van der Waals surface area contributed by atoms with Crippen LogP contribution in [0.2, 0.25) is 0 Å². The largest absolute Gasteiger partial charge is 0.317 e. The van der Waals surface area contributed by atoms with Crippen molar-refractivity contribution in [2.45, 2.75) is 13.5 Å². The molecule has 0 saturated carbocycles.